The Balaban J connectivity index is 1.69. The van der Waals surface area contributed by atoms with Crippen molar-refractivity contribution in [3.63, 3.8) is 0 Å². The van der Waals surface area contributed by atoms with Crippen LogP contribution in [0.5, 0.6) is 11.5 Å². The first-order valence-electron chi connectivity index (χ1n) is 8.52. The van der Waals surface area contributed by atoms with E-state index >= 15 is 0 Å². The minimum Gasteiger partial charge on any atom is -0.493 e. The number of carbonyl (C=O) groups is 2. The predicted octanol–water partition coefficient (Wildman–Crippen LogP) is 3.16. The minimum atomic E-state index is -0.902. The zero-order chi connectivity index (χ0) is 20.0. The number of amides is 2. The smallest absolute Gasteiger partial charge is 0.263 e. The van der Waals surface area contributed by atoms with Crippen molar-refractivity contribution in [1.82, 2.24) is 0 Å². The van der Waals surface area contributed by atoms with Crippen LogP contribution in [-0.2, 0) is 9.59 Å². The molecule has 0 aliphatic carbocycles. The summed E-state index contributed by atoms with van der Waals surface area (Å²) in [6, 6.07) is 8.42. The summed E-state index contributed by atoms with van der Waals surface area (Å²) in [7, 11) is 3.05. The van der Waals surface area contributed by atoms with Gasteiger partial charge in [0.2, 0.25) is 0 Å². The molecule has 0 bridgehead atoms. The quantitative estimate of drug-likeness (QED) is 0.736. The number of hydrogen-bond donors (Lipinski definition) is 0. The number of carbonyl (C=O) groups excluding carboxylic acids is 2. The molecule has 0 radical (unpaired) electrons. The molecule has 2 aromatic rings. The molecule has 9 heteroatoms. The van der Waals surface area contributed by atoms with E-state index in [9.17, 15) is 9.59 Å². The number of rotatable bonds is 4. The summed E-state index contributed by atoms with van der Waals surface area (Å²) in [5.41, 5.74) is 1.85. The van der Waals surface area contributed by atoms with Crippen LogP contribution in [0.2, 0.25) is 5.02 Å². The van der Waals surface area contributed by atoms with Crippen LogP contribution in [-0.4, -0.2) is 38.1 Å². The van der Waals surface area contributed by atoms with Crippen LogP contribution < -0.4 is 19.4 Å². The van der Waals surface area contributed by atoms with Gasteiger partial charge in [-0.3, -0.25) is 9.59 Å². The van der Waals surface area contributed by atoms with Crippen LogP contribution >= 0.6 is 11.6 Å². The Bertz CT molecular complexity index is 1010. The van der Waals surface area contributed by atoms with E-state index in [2.05, 4.69) is 10.3 Å². The first-order chi connectivity index (χ1) is 13.5. The standard InChI is InChI=1S/C19H17ClN4O4/c1-10-4-5-11(8-13(10)20)23-18(25)16-17(19(23)26)24(22-21-16)12-6-7-14(27-2)15(9-12)28-3/h4-9,16-17H,1-3H3/t16-,17-/m1/s1. The molecule has 1 fully saturated rings. The predicted molar refractivity (Wildman–Crippen MR) is 103 cm³/mol. The Morgan fingerprint density at radius 2 is 1.68 bits per heavy atom. The molecule has 0 unspecified atom stereocenters. The van der Waals surface area contributed by atoms with Gasteiger partial charge in [0.05, 0.1) is 25.6 Å². The number of aryl methyl sites for hydroxylation is 1. The lowest BCUT2D eigenvalue weighted by Gasteiger charge is -2.21. The highest BCUT2D eigenvalue weighted by molar-refractivity contribution is 6.32. The topological polar surface area (TPSA) is 83.8 Å². The molecular formula is C19H17ClN4O4. The average Bonchev–Trinajstić information content (AvgIpc) is 3.24. The van der Waals surface area contributed by atoms with Gasteiger partial charge < -0.3 is 9.47 Å². The highest BCUT2D eigenvalue weighted by Gasteiger charge is 2.55. The number of benzene rings is 2. The third-order valence-corrected chi connectivity index (χ3v) is 5.23. The molecule has 2 aromatic carbocycles. The van der Waals surface area contributed by atoms with Crippen molar-refractivity contribution >= 4 is 34.8 Å². The Kier molecular flexibility index (Phi) is 4.43. The summed E-state index contributed by atoms with van der Waals surface area (Å²) >= 11 is 6.17. The summed E-state index contributed by atoms with van der Waals surface area (Å²) in [5, 5.41) is 10.00. The van der Waals surface area contributed by atoms with Gasteiger partial charge in [-0.2, -0.15) is 5.11 Å². The van der Waals surface area contributed by atoms with Crippen molar-refractivity contribution in [2.75, 3.05) is 24.1 Å². The van der Waals surface area contributed by atoms with Gasteiger partial charge in [0.25, 0.3) is 11.8 Å². The maximum atomic E-state index is 13.1. The number of ether oxygens (including phenoxy) is 2. The van der Waals surface area contributed by atoms with Gasteiger partial charge in [0.15, 0.2) is 23.6 Å². The number of anilines is 2. The second-order valence-electron chi connectivity index (χ2n) is 6.42. The Morgan fingerprint density at radius 3 is 2.36 bits per heavy atom. The van der Waals surface area contributed by atoms with Crippen LogP contribution in [0.15, 0.2) is 46.7 Å². The lowest BCUT2D eigenvalue weighted by atomic mass is 10.1. The average molecular weight is 401 g/mol. The van der Waals surface area contributed by atoms with Crippen LogP contribution in [0.3, 0.4) is 0 Å². The van der Waals surface area contributed by atoms with Crippen molar-refractivity contribution in [2.24, 2.45) is 10.3 Å². The SMILES string of the molecule is COc1ccc(N2N=N[C@H]3C(=O)N(c4ccc(C)c(Cl)c4)C(=O)[C@@H]32)cc1OC. The monoisotopic (exact) mass is 400 g/mol. The van der Waals surface area contributed by atoms with E-state index in [1.807, 2.05) is 6.92 Å². The zero-order valence-electron chi connectivity index (χ0n) is 15.4. The fraction of sp³-hybridized carbons (Fsp3) is 0.263. The summed E-state index contributed by atoms with van der Waals surface area (Å²) in [6.07, 6.45) is 0. The molecule has 2 heterocycles. The molecule has 4 rings (SSSR count). The first kappa shape index (κ1) is 18.2. The second kappa shape index (κ2) is 6.79. The number of imide groups is 1. The van der Waals surface area contributed by atoms with E-state index in [4.69, 9.17) is 21.1 Å². The molecule has 0 N–H and O–H groups in total. The Hall–Kier alpha value is -3.13. The lowest BCUT2D eigenvalue weighted by molar-refractivity contribution is -0.121. The van der Waals surface area contributed by atoms with E-state index in [1.54, 1.807) is 36.4 Å². The van der Waals surface area contributed by atoms with Gasteiger partial charge in [-0.15, -0.1) is 0 Å². The number of hydrogen-bond acceptors (Lipinski definition) is 7. The van der Waals surface area contributed by atoms with Crippen molar-refractivity contribution in [2.45, 2.75) is 19.0 Å². The summed E-state index contributed by atoms with van der Waals surface area (Å²) in [5.74, 6) is 0.192. The van der Waals surface area contributed by atoms with Gasteiger partial charge in [-0.25, -0.2) is 9.91 Å². The third kappa shape index (κ3) is 2.68. The van der Waals surface area contributed by atoms with Crippen molar-refractivity contribution < 1.29 is 19.1 Å². The molecule has 28 heavy (non-hydrogen) atoms. The summed E-state index contributed by atoms with van der Waals surface area (Å²) in [6.45, 7) is 1.85. The van der Waals surface area contributed by atoms with E-state index in [0.717, 1.165) is 10.5 Å². The third-order valence-electron chi connectivity index (χ3n) is 4.83. The van der Waals surface area contributed by atoms with Crippen LogP contribution in [0.25, 0.3) is 0 Å². The van der Waals surface area contributed by atoms with Crippen LogP contribution in [0.1, 0.15) is 5.56 Å². The fourth-order valence-electron chi connectivity index (χ4n) is 3.32. The highest BCUT2D eigenvalue weighted by Crippen LogP contribution is 2.38. The first-order valence-corrected chi connectivity index (χ1v) is 8.90. The molecule has 2 aliphatic heterocycles. The number of fused-ring (bicyclic) bond motifs is 1. The van der Waals surface area contributed by atoms with Gasteiger partial charge in [0.1, 0.15) is 0 Å². The second-order valence-corrected chi connectivity index (χ2v) is 6.83. The van der Waals surface area contributed by atoms with E-state index < -0.39 is 23.9 Å². The van der Waals surface area contributed by atoms with Crippen molar-refractivity contribution in [1.29, 1.82) is 0 Å². The van der Waals surface area contributed by atoms with E-state index in [0.29, 0.717) is 27.9 Å². The molecule has 1 saturated heterocycles. The lowest BCUT2D eigenvalue weighted by Crippen LogP contribution is -2.39. The number of halogens is 1. The van der Waals surface area contributed by atoms with Crippen molar-refractivity contribution in [3.05, 3.63) is 47.0 Å². The fourth-order valence-corrected chi connectivity index (χ4v) is 3.49. The highest BCUT2D eigenvalue weighted by atomic mass is 35.5. The van der Waals surface area contributed by atoms with Gasteiger partial charge in [0, 0.05) is 11.1 Å². The molecule has 8 nitrogen and oxygen atoms in total. The normalized spacial score (nSPS) is 20.7. The van der Waals surface area contributed by atoms with E-state index in [-0.39, 0.29) is 0 Å². The number of methoxy groups -OCH3 is 2. The maximum absolute atomic E-state index is 13.1. The van der Waals surface area contributed by atoms with Crippen LogP contribution in [0.4, 0.5) is 11.4 Å². The molecule has 2 amide bonds. The van der Waals surface area contributed by atoms with Gasteiger partial charge >= 0.3 is 0 Å². The summed E-state index contributed by atoms with van der Waals surface area (Å²) in [4.78, 5) is 27.0. The molecule has 0 saturated carbocycles. The maximum Gasteiger partial charge on any atom is 0.263 e. The minimum absolute atomic E-state index is 0.408. The Labute approximate surface area is 166 Å². The van der Waals surface area contributed by atoms with Crippen molar-refractivity contribution in [3.8, 4) is 11.5 Å². The molecule has 2 aliphatic rings. The largest absolute Gasteiger partial charge is 0.493 e. The van der Waals surface area contributed by atoms with E-state index in [1.165, 1.54) is 19.2 Å². The zero-order valence-corrected chi connectivity index (χ0v) is 16.2. The molecule has 0 spiro atoms. The van der Waals surface area contributed by atoms with Gasteiger partial charge in [-0.1, -0.05) is 22.9 Å². The number of nitrogens with zero attached hydrogens (tertiary/aromatic N) is 4. The molecule has 144 valence electrons. The molecular weight excluding hydrogens is 384 g/mol. The Morgan fingerprint density at radius 1 is 0.964 bits per heavy atom. The molecule has 2 atom stereocenters. The molecule has 0 aromatic heterocycles. The summed E-state index contributed by atoms with van der Waals surface area (Å²) < 4.78 is 10.5. The van der Waals surface area contributed by atoms with Crippen LogP contribution in [0, 0.1) is 6.92 Å². The van der Waals surface area contributed by atoms with Gasteiger partial charge in [-0.05, 0) is 36.8 Å².